The van der Waals surface area contributed by atoms with Gasteiger partial charge in [-0.1, -0.05) is 30.3 Å². The van der Waals surface area contributed by atoms with E-state index in [2.05, 4.69) is 25.9 Å². The monoisotopic (exact) mass is 413 g/mol. The lowest BCUT2D eigenvalue weighted by Crippen LogP contribution is -2.58. The van der Waals surface area contributed by atoms with E-state index in [1.807, 2.05) is 30.3 Å². The van der Waals surface area contributed by atoms with Crippen molar-refractivity contribution in [2.24, 2.45) is 5.73 Å². The summed E-state index contributed by atoms with van der Waals surface area (Å²) >= 11 is 0. The summed E-state index contributed by atoms with van der Waals surface area (Å²) in [7, 11) is 0. The number of H-pyrrole nitrogens is 1. The maximum atomic E-state index is 13.0. The van der Waals surface area contributed by atoms with Crippen molar-refractivity contribution in [1.29, 1.82) is 0 Å². The van der Waals surface area contributed by atoms with Crippen molar-refractivity contribution in [3.05, 3.63) is 54.1 Å². The van der Waals surface area contributed by atoms with Gasteiger partial charge in [-0.25, -0.2) is 9.78 Å². The van der Waals surface area contributed by atoms with Crippen LogP contribution in [-0.4, -0.2) is 71.0 Å². The molecular formula is C20H27N7O3. The van der Waals surface area contributed by atoms with Gasteiger partial charge in [0.25, 0.3) is 0 Å². The second kappa shape index (κ2) is 10.4. The maximum Gasteiger partial charge on any atom is 0.318 e. The van der Waals surface area contributed by atoms with Crippen LogP contribution in [-0.2, 0) is 22.4 Å². The van der Waals surface area contributed by atoms with E-state index < -0.39 is 23.9 Å². The Morgan fingerprint density at radius 1 is 1.07 bits per heavy atom. The van der Waals surface area contributed by atoms with Gasteiger partial charge >= 0.3 is 6.03 Å². The first-order valence-corrected chi connectivity index (χ1v) is 9.90. The number of carbonyl (C=O) groups is 3. The Bertz CT molecular complexity index is 835. The van der Waals surface area contributed by atoms with E-state index in [9.17, 15) is 14.4 Å². The topological polar surface area (TPSA) is 145 Å². The number of aromatic nitrogens is 2. The number of benzene rings is 1. The third kappa shape index (κ3) is 6.05. The molecule has 1 saturated heterocycles. The summed E-state index contributed by atoms with van der Waals surface area (Å²) in [5.74, 6) is -1.14. The fourth-order valence-electron chi connectivity index (χ4n) is 3.27. The Balaban J connectivity index is 1.70. The highest BCUT2D eigenvalue weighted by Gasteiger charge is 2.28. The lowest BCUT2D eigenvalue weighted by Gasteiger charge is -2.30. The molecule has 1 aromatic carbocycles. The Morgan fingerprint density at radius 3 is 2.43 bits per heavy atom. The predicted molar refractivity (Wildman–Crippen MR) is 110 cm³/mol. The van der Waals surface area contributed by atoms with Gasteiger partial charge in [-0.3, -0.25) is 9.59 Å². The zero-order valence-corrected chi connectivity index (χ0v) is 16.6. The number of imidazole rings is 1. The van der Waals surface area contributed by atoms with Crippen molar-refractivity contribution in [3.8, 4) is 0 Å². The molecule has 2 atom stereocenters. The van der Waals surface area contributed by atoms with Crippen molar-refractivity contribution in [2.45, 2.75) is 24.9 Å². The number of nitrogens with one attached hydrogen (secondary N) is 4. The van der Waals surface area contributed by atoms with Gasteiger partial charge in [0.2, 0.25) is 11.8 Å². The fourth-order valence-corrected chi connectivity index (χ4v) is 3.27. The van der Waals surface area contributed by atoms with Crippen LogP contribution in [0.4, 0.5) is 4.79 Å². The zero-order chi connectivity index (χ0) is 21.3. The molecule has 0 saturated carbocycles. The first-order valence-electron chi connectivity index (χ1n) is 9.90. The molecule has 2 aromatic rings. The highest BCUT2D eigenvalue weighted by atomic mass is 16.2. The third-order valence-electron chi connectivity index (χ3n) is 4.93. The average molecular weight is 413 g/mol. The van der Waals surface area contributed by atoms with Crippen LogP contribution in [0.15, 0.2) is 42.9 Å². The zero-order valence-electron chi connectivity index (χ0n) is 16.6. The summed E-state index contributed by atoms with van der Waals surface area (Å²) in [6.07, 6.45) is 3.57. The summed E-state index contributed by atoms with van der Waals surface area (Å²) in [5.41, 5.74) is 6.97. The minimum absolute atomic E-state index is 0.161. The number of urea groups is 1. The highest BCUT2D eigenvalue weighted by Crippen LogP contribution is 2.06. The number of nitrogens with two attached hydrogens (primary N) is 1. The van der Waals surface area contributed by atoms with Crippen LogP contribution in [0, 0.1) is 0 Å². The first kappa shape index (κ1) is 21.3. The highest BCUT2D eigenvalue weighted by molar-refractivity contribution is 5.91. The van der Waals surface area contributed by atoms with E-state index in [0.29, 0.717) is 38.3 Å². The summed E-state index contributed by atoms with van der Waals surface area (Å²) < 4.78 is 0. The molecule has 0 spiro atoms. The van der Waals surface area contributed by atoms with E-state index in [1.165, 1.54) is 6.33 Å². The van der Waals surface area contributed by atoms with Crippen molar-refractivity contribution in [2.75, 3.05) is 26.2 Å². The molecule has 160 valence electrons. The number of nitrogens with zero attached hydrogens (tertiary/aromatic N) is 2. The summed E-state index contributed by atoms with van der Waals surface area (Å²) in [6, 6.07) is 7.28. The molecule has 2 heterocycles. The van der Waals surface area contributed by atoms with Crippen LogP contribution in [0.25, 0.3) is 0 Å². The van der Waals surface area contributed by atoms with Gasteiger partial charge in [0.15, 0.2) is 0 Å². The van der Waals surface area contributed by atoms with Crippen molar-refractivity contribution in [1.82, 2.24) is 30.8 Å². The van der Waals surface area contributed by atoms with Gasteiger partial charge in [-0.15, -0.1) is 0 Å². The maximum absolute atomic E-state index is 13.0. The Kier molecular flexibility index (Phi) is 7.39. The number of primary amides is 1. The van der Waals surface area contributed by atoms with Crippen LogP contribution in [0.3, 0.4) is 0 Å². The van der Waals surface area contributed by atoms with Gasteiger partial charge < -0.3 is 31.6 Å². The molecule has 1 aromatic heterocycles. The molecule has 0 aliphatic carbocycles. The van der Waals surface area contributed by atoms with E-state index in [4.69, 9.17) is 5.73 Å². The van der Waals surface area contributed by atoms with Crippen LogP contribution in [0.2, 0.25) is 0 Å². The normalized spacial score (nSPS) is 15.8. The molecule has 6 N–H and O–H groups in total. The van der Waals surface area contributed by atoms with Crippen molar-refractivity contribution in [3.63, 3.8) is 0 Å². The Hall–Kier alpha value is -3.40. The summed E-state index contributed by atoms with van der Waals surface area (Å²) in [4.78, 5) is 46.1. The molecule has 0 radical (unpaired) electrons. The summed E-state index contributed by atoms with van der Waals surface area (Å²) in [5, 5.41) is 8.67. The minimum atomic E-state index is -0.935. The number of amides is 4. The first-order chi connectivity index (χ1) is 14.5. The quantitative estimate of drug-likeness (QED) is 0.383. The van der Waals surface area contributed by atoms with E-state index in [0.717, 1.165) is 5.56 Å². The van der Waals surface area contributed by atoms with E-state index >= 15 is 0 Å². The second-order valence-electron chi connectivity index (χ2n) is 7.16. The van der Waals surface area contributed by atoms with Crippen LogP contribution in [0.1, 0.15) is 11.3 Å². The molecule has 0 unspecified atom stereocenters. The minimum Gasteiger partial charge on any atom is -0.368 e. The number of carbonyl (C=O) groups excluding carboxylic acids is 3. The SMILES string of the molecule is NC(=O)[C@H](Cc1c[nH]cn1)NC(=O)[C@H](Cc1ccccc1)NC(=O)N1CCNCC1. The molecule has 10 nitrogen and oxygen atoms in total. The number of rotatable bonds is 8. The number of piperazine rings is 1. The lowest BCUT2D eigenvalue weighted by atomic mass is 10.0. The molecule has 0 bridgehead atoms. The third-order valence-corrected chi connectivity index (χ3v) is 4.93. The largest absolute Gasteiger partial charge is 0.368 e. The Morgan fingerprint density at radius 2 is 1.80 bits per heavy atom. The van der Waals surface area contributed by atoms with E-state index in [1.54, 1.807) is 11.1 Å². The predicted octanol–water partition coefficient (Wildman–Crippen LogP) is -0.852. The van der Waals surface area contributed by atoms with Crippen molar-refractivity contribution >= 4 is 17.8 Å². The van der Waals surface area contributed by atoms with Gasteiger partial charge in [0.1, 0.15) is 12.1 Å². The molecule has 1 fully saturated rings. The summed E-state index contributed by atoms with van der Waals surface area (Å²) in [6.45, 7) is 2.54. The average Bonchev–Trinajstić information content (AvgIpc) is 3.27. The molecule has 1 aliphatic rings. The van der Waals surface area contributed by atoms with Crippen LogP contribution >= 0.6 is 0 Å². The van der Waals surface area contributed by atoms with Gasteiger partial charge in [0.05, 0.1) is 12.0 Å². The van der Waals surface area contributed by atoms with E-state index in [-0.39, 0.29) is 12.5 Å². The van der Waals surface area contributed by atoms with Gasteiger partial charge in [-0.2, -0.15) is 0 Å². The van der Waals surface area contributed by atoms with Gasteiger partial charge in [0, 0.05) is 45.2 Å². The second-order valence-corrected chi connectivity index (χ2v) is 7.16. The number of aromatic amines is 1. The molecular weight excluding hydrogens is 386 g/mol. The lowest BCUT2D eigenvalue weighted by molar-refractivity contribution is -0.128. The number of hydrogen-bond acceptors (Lipinski definition) is 5. The van der Waals surface area contributed by atoms with Gasteiger partial charge in [-0.05, 0) is 5.56 Å². The molecule has 3 rings (SSSR count). The van der Waals surface area contributed by atoms with Crippen LogP contribution < -0.4 is 21.7 Å². The smallest absolute Gasteiger partial charge is 0.318 e. The van der Waals surface area contributed by atoms with Crippen LogP contribution in [0.5, 0.6) is 0 Å². The van der Waals surface area contributed by atoms with Crippen molar-refractivity contribution < 1.29 is 14.4 Å². The fraction of sp³-hybridized carbons (Fsp3) is 0.400. The standard InChI is InChI=1S/C20H27N7O3/c21-18(28)16(11-15-12-23-13-24-15)25-19(29)17(10-14-4-2-1-3-5-14)26-20(30)27-8-6-22-7-9-27/h1-5,12-13,16-17,22H,6-11H2,(H2,21,28)(H,23,24)(H,25,29)(H,26,30)/t16-,17-/m0/s1. The molecule has 10 heteroatoms. The molecule has 1 aliphatic heterocycles. The number of hydrogen-bond donors (Lipinski definition) is 5. The molecule has 30 heavy (non-hydrogen) atoms. The Labute approximate surface area is 174 Å². The molecule has 4 amide bonds.